The maximum Gasteiger partial charge on any atom is 0.136 e. The van der Waals surface area contributed by atoms with Crippen LogP contribution in [0.4, 0.5) is 17.1 Å². The minimum atomic E-state index is 0.892. The van der Waals surface area contributed by atoms with Gasteiger partial charge in [-0.1, -0.05) is 164 Å². The molecule has 0 aliphatic carbocycles. The molecule has 0 atom stereocenters. The fourth-order valence-electron chi connectivity index (χ4n) is 9.37. The third-order valence-electron chi connectivity index (χ3n) is 12.2. The largest absolute Gasteiger partial charge is 0.456 e. The van der Waals surface area contributed by atoms with Gasteiger partial charge in [0.05, 0.1) is 22.4 Å². The summed E-state index contributed by atoms with van der Waals surface area (Å²) in [7, 11) is 0. The Morgan fingerprint density at radius 2 is 0.885 bits per heavy atom. The predicted molar refractivity (Wildman–Crippen MR) is 257 cm³/mol. The lowest BCUT2D eigenvalue weighted by Crippen LogP contribution is -2.11. The molecule has 0 unspecified atom stereocenters. The van der Waals surface area contributed by atoms with E-state index in [0.717, 1.165) is 66.8 Å². The van der Waals surface area contributed by atoms with E-state index in [4.69, 9.17) is 4.42 Å². The zero-order chi connectivity index (χ0) is 40.3. The molecule has 12 aromatic rings. The SMILES string of the molecule is c1ccc(-c2ccc(N(c3ccc(-c4ccccc4-n4c5ccccc5c5ccccc54)cc3)c3ccccc3-c3cccc4cc5c(cc34)oc3ccccc35)cc2)cc1. The molecule has 0 saturated carbocycles. The fraction of sp³-hybridized carbons (Fsp3) is 0. The molecule has 12 rings (SSSR count). The highest BCUT2D eigenvalue weighted by molar-refractivity contribution is 6.13. The van der Waals surface area contributed by atoms with E-state index in [0.29, 0.717) is 0 Å². The Kier molecular flexibility index (Phi) is 8.17. The van der Waals surface area contributed by atoms with Gasteiger partial charge in [-0.05, 0) is 99.8 Å². The summed E-state index contributed by atoms with van der Waals surface area (Å²) >= 11 is 0. The van der Waals surface area contributed by atoms with Gasteiger partial charge in [0.15, 0.2) is 0 Å². The fourth-order valence-corrected chi connectivity index (χ4v) is 9.37. The van der Waals surface area contributed by atoms with Crippen LogP contribution in [0.3, 0.4) is 0 Å². The van der Waals surface area contributed by atoms with Gasteiger partial charge in [-0.25, -0.2) is 0 Å². The molecule has 0 fully saturated rings. The first kappa shape index (κ1) is 34.9. The third kappa shape index (κ3) is 5.82. The van der Waals surface area contributed by atoms with Crippen molar-refractivity contribution in [3.8, 4) is 39.1 Å². The lowest BCUT2D eigenvalue weighted by atomic mass is 9.94. The van der Waals surface area contributed by atoms with Gasteiger partial charge in [0.1, 0.15) is 11.2 Å². The first-order valence-corrected chi connectivity index (χ1v) is 20.8. The highest BCUT2D eigenvalue weighted by Gasteiger charge is 2.21. The average molecular weight is 779 g/mol. The molecule has 61 heavy (non-hydrogen) atoms. The Balaban J connectivity index is 1.02. The molecular formula is C58H38N2O. The molecule has 0 bridgehead atoms. The number of furan rings is 1. The van der Waals surface area contributed by atoms with Crippen LogP contribution in [0.15, 0.2) is 235 Å². The second-order valence-corrected chi connectivity index (χ2v) is 15.7. The van der Waals surface area contributed by atoms with Gasteiger partial charge in [0.2, 0.25) is 0 Å². The van der Waals surface area contributed by atoms with Crippen molar-refractivity contribution >= 4 is 71.6 Å². The molecule has 0 radical (unpaired) electrons. The van der Waals surface area contributed by atoms with E-state index in [2.05, 4.69) is 228 Å². The van der Waals surface area contributed by atoms with E-state index in [9.17, 15) is 0 Å². The second-order valence-electron chi connectivity index (χ2n) is 15.7. The van der Waals surface area contributed by atoms with Crippen LogP contribution in [-0.2, 0) is 0 Å². The Hall–Kier alpha value is -8.14. The molecule has 0 saturated heterocycles. The summed E-state index contributed by atoms with van der Waals surface area (Å²) in [5, 5.41) is 7.10. The number of benzene rings is 10. The Bertz CT molecular complexity index is 3520. The number of hydrogen-bond acceptors (Lipinski definition) is 2. The van der Waals surface area contributed by atoms with Crippen LogP contribution in [0.5, 0.6) is 0 Å². The van der Waals surface area contributed by atoms with Crippen LogP contribution in [-0.4, -0.2) is 4.57 Å². The first-order valence-electron chi connectivity index (χ1n) is 20.8. The van der Waals surface area contributed by atoms with Crippen LogP contribution in [0.2, 0.25) is 0 Å². The van der Waals surface area contributed by atoms with Crippen molar-refractivity contribution in [2.45, 2.75) is 0 Å². The van der Waals surface area contributed by atoms with E-state index in [1.807, 2.05) is 12.1 Å². The third-order valence-corrected chi connectivity index (χ3v) is 12.2. The number of fused-ring (bicyclic) bond motifs is 7. The van der Waals surface area contributed by atoms with Gasteiger partial charge >= 0.3 is 0 Å². The maximum absolute atomic E-state index is 6.43. The van der Waals surface area contributed by atoms with E-state index in [1.165, 1.54) is 43.9 Å². The Morgan fingerprint density at radius 3 is 1.62 bits per heavy atom. The number of para-hydroxylation sites is 5. The lowest BCUT2D eigenvalue weighted by molar-refractivity contribution is 0.669. The monoisotopic (exact) mass is 778 g/mol. The Labute approximate surface area is 353 Å². The Morgan fingerprint density at radius 1 is 0.328 bits per heavy atom. The topological polar surface area (TPSA) is 21.3 Å². The van der Waals surface area contributed by atoms with Gasteiger partial charge in [0, 0.05) is 44.0 Å². The summed E-state index contributed by atoms with van der Waals surface area (Å²) in [5.74, 6) is 0. The molecule has 0 spiro atoms. The lowest BCUT2D eigenvalue weighted by Gasteiger charge is -2.28. The minimum absolute atomic E-state index is 0.892. The van der Waals surface area contributed by atoms with E-state index in [-0.39, 0.29) is 0 Å². The van der Waals surface area contributed by atoms with Crippen LogP contribution in [0, 0.1) is 0 Å². The molecule has 0 amide bonds. The van der Waals surface area contributed by atoms with Crippen LogP contribution >= 0.6 is 0 Å². The first-order chi connectivity index (χ1) is 30.3. The number of hydrogen-bond donors (Lipinski definition) is 0. The van der Waals surface area contributed by atoms with Crippen molar-refractivity contribution in [1.82, 2.24) is 4.57 Å². The van der Waals surface area contributed by atoms with E-state index < -0.39 is 0 Å². The molecule has 0 aliphatic rings. The number of rotatable bonds is 7. The molecule has 2 aromatic heterocycles. The van der Waals surface area contributed by atoms with Gasteiger partial charge in [-0.15, -0.1) is 0 Å². The zero-order valence-electron chi connectivity index (χ0n) is 33.2. The smallest absolute Gasteiger partial charge is 0.136 e. The van der Waals surface area contributed by atoms with Crippen LogP contribution in [0.25, 0.3) is 93.6 Å². The number of anilines is 3. The summed E-state index contributed by atoms with van der Waals surface area (Å²) in [5.41, 5.74) is 15.6. The summed E-state index contributed by atoms with van der Waals surface area (Å²) in [6, 6.07) is 82.9. The number of nitrogens with zero attached hydrogens (tertiary/aromatic N) is 2. The van der Waals surface area contributed by atoms with Crippen molar-refractivity contribution in [2.24, 2.45) is 0 Å². The minimum Gasteiger partial charge on any atom is -0.456 e. The summed E-state index contributed by atoms with van der Waals surface area (Å²) < 4.78 is 8.84. The van der Waals surface area contributed by atoms with Crippen molar-refractivity contribution < 1.29 is 4.42 Å². The van der Waals surface area contributed by atoms with Gasteiger partial charge in [-0.2, -0.15) is 0 Å². The van der Waals surface area contributed by atoms with Crippen molar-refractivity contribution in [3.05, 3.63) is 231 Å². The quantitative estimate of drug-likeness (QED) is 0.161. The summed E-state index contributed by atoms with van der Waals surface area (Å²) in [4.78, 5) is 2.39. The highest BCUT2D eigenvalue weighted by Crippen LogP contribution is 2.45. The summed E-state index contributed by atoms with van der Waals surface area (Å²) in [6.45, 7) is 0. The standard InChI is InChI=1S/C58H38N2O/c1-2-15-39(16-3-1)40-29-33-43(34-30-40)59(54-25-10-5-19-47(54)46-23-14-17-42-37-52-50-22-8-13-28-57(50)61-58(52)38-51(42)46)44-35-31-41(32-36-44)45-18-4-9-24-53(45)60-55-26-11-6-20-48(55)49-21-7-12-27-56(49)60/h1-38H. The molecule has 3 heteroatoms. The van der Waals surface area contributed by atoms with Crippen molar-refractivity contribution in [3.63, 3.8) is 0 Å². The molecule has 2 heterocycles. The van der Waals surface area contributed by atoms with E-state index in [1.54, 1.807) is 0 Å². The summed E-state index contributed by atoms with van der Waals surface area (Å²) in [6.07, 6.45) is 0. The molecule has 0 aliphatic heterocycles. The molecular weight excluding hydrogens is 741 g/mol. The van der Waals surface area contributed by atoms with Crippen molar-refractivity contribution in [2.75, 3.05) is 4.90 Å². The number of aromatic nitrogens is 1. The average Bonchev–Trinajstić information content (AvgIpc) is 3.87. The predicted octanol–water partition coefficient (Wildman–Crippen LogP) is 16.3. The molecule has 10 aromatic carbocycles. The van der Waals surface area contributed by atoms with Crippen molar-refractivity contribution in [1.29, 1.82) is 0 Å². The second kappa shape index (κ2) is 14.3. The molecule has 3 nitrogen and oxygen atoms in total. The maximum atomic E-state index is 6.43. The molecule has 0 N–H and O–H groups in total. The van der Waals surface area contributed by atoms with Crippen LogP contribution in [0.1, 0.15) is 0 Å². The van der Waals surface area contributed by atoms with Crippen LogP contribution < -0.4 is 4.90 Å². The van der Waals surface area contributed by atoms with Gasteiger partial charge in [0.25, 0.3) is 0 Å². The van der Waals surface area contributed by atoms with Gasteiger partial charge in [-0.3, -0.25) is 0 Å². The normalized spacial score (nSPS) is 11.6. The van der Waals surface area contributed by atoms with Gasteiger partial charge < -0.3 is 13.9 Å². The molecule has 286 valence electrons. The highest BCUT2D eigenvalue weighted by atomic mass is 16.3. The van der Waals surface area contributed by atoms with E-state index >= 15 is 0 Å². The zero-order valence-corrected chi connectivity index (χ0v) is 33.2.